The van der Waals surface area contributed by atoms with Crippen molar-refractivity contribution < 1.29 is 4.79 Å². The number of carbonyl (C=O) groups is 1. The Morgan fingerprint density at radius 3 is 2.33 bits per heavy atom. The van der Waals surface area contributed by atoms with Crippen molar-refractivity contribution >= 4 is 6.03 Å². The molecule has 4 heteroatoms. The predicted octanol–water partition coefficient (Wildman–Crippen LogP) is 0.989. The number of hydrogen-bond donors (Lipinski definition) is 1. The molecule has 0 radical (unpaired) electrons. The average molecular weight is 213 g/mol. The van der Waals surface area contributed by atoms with Gasteiger partial charge in [0.05, 0.1) is 0 Å². The summed E-state index contributed by atoms with van der Waals surface area (Å²) in [6, 6.07) is 0.0542. The topological polar surface area (TPSA) is 35.6 Å². The van der Waals surface area contributed by atoms with Gasteiger partial charge in [-0.15, -0.1) is 0 Å². The van der Waals surface area contributed by atoms with Crippen LogP contribution in [0.2, 0.25) is 0 Å². The summed E-state index contributed by atoms with van der Waals surface area (Å²) in [6.07, 6.45) is 1.25. The summed E-state index contributed by atoms with van der Waals surface area (Å²) in [7, 11) is 1.69. The SMILES string of the molecule is CNC(=O)N1CCN(CCC(C)C)CC1. The lowest BCUT2D eigenvalue weighted by molar-refractivity contribution is 0.137. The quantitative estimate of drug-likeness (QED) is 0.759. The zero-order valence-corrected chi connectivity index (χ0v) is 10.1. The lowest BCUT2D eigenvalue weighted by Gasteiger charge is -2.34. The second-order valence-electron chi connectivity index (χ2n) is 4.57. The molecule has 0 saturated carbocycles. The first-order chi connectivity index (χ1) is 7.13. The highest BCUT2D eigenvalue weighted by Gasteiger charge is 2.19. The van der Waals surface area contributed by atoms with Crippen molar-refractivity contribution in [2.75, 3.05) is 39.8 Å². The van der Waals surface area contributed by atoms with Gasteiger partial charge in [-0.05, 0) is 18.9 Å². The van der Waals surface area contributed by atoms with E-state index in [0.29, 0.717) is 0 Å². The molecule has 0 bridgehead atoms. The molecule has 1 heterocycles. The van der Waals surface area contributed by atoms with E-state index in [1.165, 1.54) is 13.0 Å². The third kappa shape index (κ3) is 4.08. The van der Waals surface area contributed by atoms with Crippen LogP contribution in [0.15, 0.2) is 0 Å². The molecule has 0 aromatic rings. The molecule has 1 saturated heterocycles. The van der Waals surface area contributed by atoms with Gasteiger partial charge in [-0.2, -0.15) is 0 Å². The highest BCUT2D eigenvalue weighted by atomic mass is 16.2. The molecule has 1 fully saturated rings. The van der Waals surface area contributed by atoms with E-state index in [-0.39, 0.29) is 6.03 Å². The molecule has 4 nitrogen and oxygen atoms in total. The van der Waals surface area contributed by atoms with Gasteiger partial charge in [-0.25, -0.2) is 4.79 Å². The van der Waals surface area contributed by atoms with Gasteiger partial charge >= 0.3 is 6.03 Å². The number of amides is 2. The van der Waals surface area contributed by atoms with Crippen LogP contribution in [0.4, 0.5) is 4.79 Å². The van der Waals surface area contributed by atoms with Crippen LogP contribution in [0.1, 0.15) is 20.3 Å². The highest BCUT2D eigenvalue weighted by molar-refractivity contribution is 5.73. The zero-order valence-electron chi connectivity index (χ0n) is 10.1. The first-order valence-electron chi connectivity index (χ1n) is 5.82. The second kappa shape index (κ2) is 5.95. The molecule has 0 aromatic carbocycles. The fourth-order valence-electron chi connectivity index (χ4n) is 1.77. The highest BCUT2D eigenvalue weighted by Crippen LogP contribution is 2.06. The third-order valence-corrected chi connectivity index (χ3v) is 2.90. The summed E-state index contributed by atoms with van der Waals surface area (Å²) in [6.45, 7) is 9.41. The van der Waals surface area contributed by atoms with E-state index in [2.05, 4.69) is 24.1 Å². The Balaban J connectivity index is 2.21. The first kappa shape index (κ1) is 12.3. The summed E-state index contributed by atoms with van der Waals surface area (Å²) in [5.41, 5.74) is 0. The Labute approximate surface area is 92.6 Å². The van der Waals surface area contributed by atoms with Crippen LogP contribution in [0.5, 0.6) is 0 Å². The molecular weight excluding hydrogens is 190 g/mol. The summed E-state index contributed by atoms with van der Waals surface area (Å²) < 4.78 is 0. The van der Waals surface area contributed by atoms with Crippen LogP contribution >= 0.6 is 0 Å². The largest absolute Gasteiger partial charge is 0.341 e. The Hall–Kier alpha value is -0.770. The molecule has 0 unspecified atom stereocenters. The predicted molar refractivity (Wildman–Crippen MR) is 61.9 cm³/mol. The molecule has 0 spiro atoms. The van der Waals surface area contributed by atoms with Gasteiger partial charge in [0.15, 0.2) is 0 Å². The Morgan fingerprint density at radius 1 is 1.27 bits per heavy atom. The van der Waals surface area contributed by atoms with Crippen molar-refractivity contribution in [1.29, 1.82) is 0 Å². The molecule has 0 aromatic heterocycles. The number of urea groups is 1. The molecule has 15 heavy (non-hydrogen) atoms. The Morgan fingerprint density at radius 2 is 1.87 bits per heavy atom. The lowest BCUT2D eigenvalue weighted by atomic mass is 10.1. The number of hydrogen-bond acceptors (Lipinski definition) is 2. The molecule has 0 atom stereocenters. The summed E-state index contributed by atoms with van der Waals surface area (Å²) >= 11 is 0. The summed E-state index contributed by atoms with van der Waals surface area (Å²) in [5.74, 6) is 0.766. The minimum Gasteiger partial charge on any atom is -0.341 e. The van der Waals surface area contributed by atoms with Crippen molar-refractivity contribution in [2.24, 2.45) is 5.92 Å². The minimum atomic E-state index is 0.0542. The fourth-order valence-corrected chi connectivity index (χ4v) is 1.77. The van der Waals surface area contributed by atoms with E-state index in [1.807, 2.05) is 4.90 Å². The van der Waals surface area contributed by atoms with E-state index >= 15 is 0 Å². The van der Waals surface area contributed by atoms with Crippen LogP contribution in [-0.4, -0.2) is 55.6 Å². The normalized spacial score (nSPS) is 18.3. The van der Waals surface area contributed by atoms with Crippen LogP contribution < -0.4 is 5.32 Å². The van der Waals surface area contributed by atoms with E-state index in [1.54, 1.807) is 7.05 Å². The van der Waals surface area contributed by atoms with Crippen molar-refractivity contribution in [3.8, 4) is 0 Å². The number of piperazine rings is 1. The standard InChI is InChI=1S/C11H23N3O/c1-10(2)4-5-13-6-8-14(9-7-13)11(15)12-3/h10H,4-9H2,1-3H3,(H,12,15). The number of nitrogens with zero attached hydrogens (tertiary/aromatic N) is 2. The fraction of sp³-hybridized carbons (Fsp3) is 0.909. The molecule has 88 valence electrons. The number of nitrogens with one attached hydrogen (secondary N) is 1. The Kier molecular flexibility index (Phi) is 4.88. The van der Waals surface area contributed by atoms with E-state index in [0.717, 1.165) is 32.1 Å². The second-order valence-corrected chi connectivity index (χ2v) is 4.57. The minimum absolute atomic E-state index is 0.0542. The smallest absolute Gasteiger partial charge is 0.317 e. The maximum Gasteiger partial charge on any atom is 0.317 e. The van der Waals surface area contributed by atoms with Crippen LogP contribution in [0.25, 0.3) is 0 Å². The zero-order chi connectivity index (χ0) is 11.3. The number of rotatable bonds is 3. The van der Waals surface area contributed by atoms with E-state index in [4.69, 9.17) is 0 Å². The maximum atomic E-state index is 11.3. The Bertz CT molecular complexity index is 198. The third-order valence-electron chi connectivity index (χ3n) is 2.90. The monoisotopic (exact) mass is 213 g/mol. The van der Waals surface area contributed by atoms with Gasteiger partial charge in [0.2, 0.25) is 0 Å². The van der Waals surface area contributed by atoms with Crippen molar-refractivity contribution in [3.63, 3.8) is 0 Å². The molecule has 1 aliphatic rings. The van der Waals surface area contributed by atoms with Crippen molar-refractivity contribution in [3.05, 3.63) is 0 Å². The molecule has 1 N–H and O–H groups in total. The van der Waals surface area contributed by atoms with Gasteiger partial charge in [-0.1, -0.05) is 13.8 Å². The van der Waals surface area contributed by atoms with Crippen LogP contribution in [0, 0.1) is 5.92 Å². The van der Waals surface area contributed by atoms with E-state index < -0.39 is 0 Å². The van der Waals surface area contributed by atoms with Gasteiger partial charge in [0.25, 0.3) is 0 Å². The first-order valence-corrected chi connectivity index (χ1v) is 5.82. The maximum absolute atomic E-state index is 11.3. The van der Waals surface area contributed by atoms with Crippen molar-refractivity contribution in [2.45, 2.75) is 20.3 Å². The van der Waals surface area contributed by atoms with Gasteiger partial charge in [0, 0.05) is 33.2 Å². The van der Waals surface area contributed by atoms with Gasteiger partial charge in [0.1, 0.15) is 0 Å². The van der Waals surface area contributed by atoms with Gasteiger partial charge < -0.3 is 10.2 Å². The molecule has 0 aliphatic carbocycles. The summed E-state index contributed by atoms with van der Waals surface area (Å²) in [5, 5.41) is 2.67. The van der Waals surface area contributed by atoms with Crippen LogP contribution in [-0.2, 0) is 0 Å². The molecule has 1 rings (SSSR count). The van der Waals surface area contributed by atoms with Gasteiger partial charge in [-0.3, -0.25) is 4.90 Å². The lowest BCUT2D eigenvalue weighted by Crippen LogP contribution is -2.51. The van der Waals surface area contributed by atoms with Crippen LogP contribution in [0.3, 0.4) is 0 Å². The number of carbonyl (C=O) groups excluding carboxylic acids is 1. The molecule has 2 amide bonds. The average Bonchev–Trinajstić information content (AvgIpc) is 2.26. The molecular formula is C11H23N3O. The van der Waals surface area contributed by atoms with Crippen molar-refractivity contribution in [1.82, 2.24) is 15.1 Å². The molecule has 1 aliphatic heterocycles. The summed E-state index contributed by atoms with van der Waals surface area (Å²) in [4.78, 5) is 15.7. The van der Waals surface area contributed by atoms with E-state index in [9.17, 15) is 4.79 Å².